The molecule has 0 saturated heterocycles. The third-order valence-corrected chi connectivity index (χ3v) is 14.3. The Labute approximate surface area is 403 Å². The highest BCUT2D eigenvalue weighted by molar-refractivity contribution is 6.10. The Hall–Kier alpha value is -8.98. The van der Waals surface area contributed by atoms with Gasteiger partial charge >= 0.3 is 0 Å². The first-order valence-corrected chi connectivity index (χ1v) is 23.8. The summed E-state index contributed by atoms with van der Waals surface area (Å²) in [6, 6.07) is 102. The second-order valence-corrected chi connectivity index (χ2v) is 18.0. The molecule has 1 aliphatic carbocycles. The van der Waals surface area contributed by atoms with Crippen molar-refractivity contribution in [3.05, 3.63) is 301 Å². The molecule has 1 aromatic heterocycles. The van der Waals surface area contributed by atoms with Gasteiger partial charge < -0.3 is 9.47 Å². The minimum atomic E-state index is -0.638. The SMILES string of the molecule is c1ccc(-c2ccc(N(c3ccc(-c4ccccc4)cc3)c3ccc4c(c3)C(c3ccccc3)(c3ccccc3)c3cc(-c5ccccc5-n5c6ccccc6c6ccccc65)ccc3-4)cc2)cc1. The molecule has 0 N–H and O–H groups in total. The molecule has 0 bridgehead atoms. The van der Waals surface area contributed by atoms with E-state index >= 15 is 0 Å². The second-order valence-electron chi connectivity index (χ2n) is 18.0. The number of nitrogens with zero attached hydrogens (tertiary/aromatic N) is 2. The summed E-state index contributed by atoms with van der Waals surface area (Å²) in [5, 5.41) is 2.51. The molecule has 0 fully saturated rings. The number of rotatable bonds is 9. The molecule has 1 aliphatic rings. The van der Waals surface area contributed by atoms with E-state index in [-0.39, 0.29) is 0 Å². The molecule has 12 aromatic rings. The molecule has 0 spiro atoms. The maximum atomic E-state index is 2.49. The molecule has 2 nitrogen and oxygen atoms in total. The molecule has 13 rings (SSSR count). The van der Waals surface area contributed by atoms with E-state index in [2.05, 4.69) is 289 Å². The van der Waals surface area contributed by atoms with Crippen molar-refractivity contribution in [1.29, 1.82) is 0 Å². The highest BCUT2D eigenvalue weighted by atomic mass is 15.1. The first-order chi connectivity index (χ1) is 34.2. The Balaban J connectivity index is 1.02. The van der Waals surface area contributed by atoms with Crippen molar-refractivity contribution < 1.29 is 0 Å². The summed E-state index contributed by atoms with van der Waals surface area (Å²) < 4.78 is 2.45. The van der Waals surface area contributed by atoms with Gasteiger partial charge in [0.25, 0.3) is 0 Å². The van der Waals surface area contributed by atoms with Crippen molar-refractivity contribution in [2.45, 2.75) is 5.41 Å². The van der Waals surface area contributed by atoms with E-state index < -0.39 is 5.41 Å². The van der Waals surface area contributed by atoms with Crippen LogP contribution in [0.5, 0.6) is 0 Å². The fourth-order valence-corrected chi connectivity index (χ4v) is 11.2. The molecular formula is C67H46N2. The quantitative estimate of drug-likeness (QED) is 0.140. The Bertz CT molecular complexity index is 3620. The Kier molecular flexibility index (Phi) is 9.77. The van der Waals surface area contributed by atoms with E-state index in [1.807, 2.05) is 0 Å². The highest BCUT2D eigenvalue weighted by Crippen LogP contribution is 2.58. The van der Waals surface area contributed by atoms with Crippen molar-refractivity contribution in [2.24, 2.45) is 0 Å². The lowest BCUT2D eigenvalue weighted by Gasteiger charge is -2.35. The van der Waals surface area contributed by atoms with Gasteiger partial charge in [0, 0.05) is 33.4 Å². The van der Waals surface area contributed by atoms with Crippen LogP contribution in [0.2, 0.25) is 0 Å². The third kappa shape index (κ3) is 6.64. The van der Waals surface area contributed by atoms with Crippen LogP contribution in [-0.4, -0.2) is 4.57 Å². The lowest BCUT2D eigenvalue weighted by Crippen LogP contribution is -2.28. The summed E-state index contributed by atoms with van der Waals surface area (Å²) in [4.78, 5) is 2.42. The Morgan fingerprint density at radius 3 is 1.20 bits per heavy atom. The smallest absolute Gasteiger partial charge is 0.0714 e. The first kappa shape index (κ1) is 40.3. The van der Waals surface area contributed by atoms with Crippen LogP contribution in [0, 0.1) is 0 Å². The van der Waals surface area contributed by atoms with Crippen LogP contribution in [0.15, 0.2) is 279 Å². The number of anilines is 3. The van der Waals surface area contributed by atoms with E-state index in [0.29, 0.717) is 0 Å². The molecule has 324 valence electrons. The normalized spacial score (nSPS) is 12.5. The molecule has 0 unspecified atom stereocenters. The molecule has 69 heavy (non-hydrogen) atoms. The average Bonchev–Trinajstić information content (AvgIpc) is 3.92. The van der Waals surface area contributed by atoms with Crippen LogP contribution in [0.25, 0.3) is 72.0 Å². The fourth-order valence-electron chi connectivity index (χ4n) is 11.2. The van der Waals surface area contributed by atoms with Crippen molar-refractivity contribution in [3.63, 3.8) is 0 Å². The summed E-state index contributed by atoms with van der Waals surface area (Å²) in [6.45, 7) is 0. The second kappa shape index (κ2) is 16.7. The van der Waals surface area contributed by atoms with E-state index in [4.69, 9.17) is 0 Å². The zero-order chi connectivity index (χ0) is 45.7. The zero-order valence-corrected chi connectivity index (χ0v) is 38.0. The molecular weight excluding hydrogens is 833 g/mol. The average molecular weight is 879 g/mol. The molecule has 1 heterocycles. The van der Waals surface area contributed by atoms with Crippen molar-refractivity contribution in [3.8, 4) is 50.2 Å². The van der Waals surface area contributed by atoms with Crippen molar-refractivity contribution in [1.82, 2.24) is 4.57 Å². The van der Waals surface area contributed by atoms with E-state index in [1.54, 1.807) is 0 Å². The lowest BCUT2D eigenvalue weighted by molar-refractivity contribution is 0.768. The van der Waals surface area contributed by atoms with E-state index in [9.17, 15) is 0 Å². The van der Waals surface area contributed by atoms with E-state index in [0.717, 1.165) is 22.7 Å². The van der Waals surface area contributed by atoms with Gasteiger partial charge in [-0.2, -0.15) is 0 Å². The topological polar surface area (TPSA) is 8.17 Å². The first-order valence-electron chi connectivity index (χ1n) is 23.8. The minimum Gasteiger partial charge on any atom is -0.310 e. The van der Waals surface area contributed by atoms with Gasteiger partial charge in [-0.05, 0) is 122 Å². The highest BCUT2D eigenvalue weighted by Gasteiger charge is 2.46. The van der Waals surface area contributed by atoms with Gasteiger partial charge in [0.05, 0.1) is 22.1 Å². The van der Waals surface area contributed by atoms with Crippen molar-refractivity contribution in [2.75, 3.05) is 4.90 Å². The van der Waals surface area contributed by atoms with Crippen LogP contribution in [0.3, 0.4) is 0 Å². The lowest BCUT2D eigenvalue weighted by atomic mass is 9.67. The van der Waals surface area contributed by atoms with Crippen molar-refractivity contribution >= 4 is 38.9 Å². The standard InChI is InChI=1S/C67H46N2/c1-5-19-47(20-6-1)49-33-38-54(39-34-49)68(55-40-35-50(36-41-55)48-21-7-2-8-22-48)56-42-44-59-58-43-37-51(45-62(58)67(63(59)46-56,52-23-9-3-10-24-52)53-25-11-4-12-26-53)57-27-13-16-30-64(57)69-65-31-17-14-28-60(65)61-29-15-18-32-66(61)69/h1-46H. The number of para-hydroxylation sites is 3. The molecule has 0 atom stereocenters. The maximum Gasteiger partial charge on any atom is 0.0714 e. The molecule has 0 aliphatic heterocycles. The van der Waals surface area contributed by atoms with Gasteiger partial charge in [0.15, 0.2) is 0 Å². The number of hydrogen-bond acceptors (Lipinski definition) is 1. The van der Waals surface area contributed by atoms with Crippen LogP contribution < -0.4 is 4.90 Å². The van der Waals surface area contributed by atoms with Crippen LogP contribution in [-0.2, 0) is 5.41 Å². The van der Waals surface area contributed by atoms with Crippen LogP contribution in [0.4, 0.5) is 17.1 Å². The zero-order valence-electron chi connectivity index (χ0n) is 38.0. The molecule has 0 amide bonds. The molecule has 2 heteroatoms. The van der Waals surface area contributed by atoms with Crippen LogP contribution >= 0.6 is 0 Å². The number of fused-ring (bicyclic) bond motifs is 6. The van der Waals surface area contributed by atoms with Gasteiger partial charge in [0.1, 0.15) is 0 Å². The summed E-state index contributed by atoms with van der Waals surface area (Å²) in [6.07, 6.45) is 0. The number of aromatic nitrogens is 1. The molecule has 0 radical (unpaired) electrons. The number of hydrogen-bond donors (Lipinski definition) is 0. The summed E-state index contributed by atoms with van der Waals surface area (Å²) in [5.41, 5.74) is 20.8. The Morgan fingerprint density at radius 1 is 0.275 bits per heavy atom. The number of benzene rings is 11. The maximum absolute atomic E-state index is 2.49. The fraction of sp³-hybridized carbons (Fsp3) is 0.0149. The predicted molar refractivity (Wildman–Crippen MR) is 289 cm³/mol. The monoisotopic (exact) mass is 878 g/mol. The summed E-state index contributed by atoms with van der Waals surface area (Å²) in [7, 11) is 0. The molecule has 11 aromatic carbocycles. The molecule has 0 saturated carbocycles. The van der Waals surface area contributed by atoms with Gasteiger partial charge in [-0.3, -0.25) is 0 Å². The summed E-state index contributed by atoms with van der Waals surface area (Å²) in [5.74, 6) is 0. The summed E-state index contributed by atoms with van der Waals surface area (Å²) >= 11 is 0. The van der Waals surface area contributed by atoms with Crippen LogP contribution in [0.1, 0.15) is 22.3 Å². The minimum absolute atomic E-state index is 0.638. The largest absolute Gasteiger partial charge is 0.310 e. The van der Waals surface area contributed by atoms with Gasteiger partial charge in [-0.1, -0.05) is 218 Å². The predicted octanol–water partition coefficient (Wildman–Crippen LogP) is 17.6. The van der Waals surface area contributed by atoms with E-state index in [1.165, 1.54) is 88.6 Å². The van der Waals surface area contributed by atoms with Gasteiger partial charge in [-0.25, -0.2) is 0 Å². The van der Waals surface area contributed by atoms with Gasteiger partial charge in [0.2, 0.25) is 0 Å². The van der Waals surface area contributed by atoms with Gasteiger partial charge in [-0.15, -0.1) is 0 Å². The Morgan fingerprint density at radius 2 is 0.667 bits per heavy atom. The third-order valence-electron chi connectivity index (χ3n) is 14.3.